The van der Waals surface area contributed by atoms with E-state index in [1.807, 2.05) is 71.9 Å². The number of rotatable bonds is 8. The van der Waals surface area contributed by atoms with Gasteiger partial charge in [-0.15, -0.1) is 0 Å². The fourth-order valence-electron chi connectivity index (χ4n) is 1.55. The monoisotopic (exact) mass is 375 g/mol. The summed E-state index contributed by atoms with van der Waals surface area (Å²) in [5.74, 6) is 0. The maximum atomic E-state index is 5.94. The molecular weight excluding hydrogens is 349 g/mol. The summed E-state index contributed by atoms with van der Waals surface area (Å²) < 4.78 is 11.9. The lowest BCUT2D eigenvalue weighted by atomic mass is 10.2. The van der Waals surface area contributed by atoms with Crippen LogP contribution in [-0.2, 0) is 25.7 Å². The zero-order chi connectivity index (χ0) is 17.5. The van der Waals surface area contributed by atoms with Crippen molar-refractivity contribution in [1.29, 1.82) is 0 Å². The van der Waals surface area contributed by atoms with Gasteiger partial charge < -0.3 is 13.9 Å². The van der Waals surface area contributed by atoms with Crippen LogP contribution in [0.3, 0.4) is 0 Å². The van der Waals surface area contributed by atoms with Gasteiger partial charge in [-0.25, -0.2) is 0 Å². The number of hydrogen-bond acceptors (Lipinski definition) is 6. The van der Waals surface area contributed by atoms with Crippen LogP contribution in [0.15, 0.2) is 35.5 Å². The molecule has 0 radical (unpaired) electrons. The third kappa shape index (κ3) is 8.32. The van der Waals surface area contributed by atoms with E-state index in [0.717, 1.165) is 5.56 Å². The van der Waals surface area contributed by atoms with E-state index in [1.54, 1.807) is 0 Å². The molecule has 0 aromatic heterocycles. The molecule has 1 aromatic rings. The van der Waals surface area contributed by atoms with E-state index < -0.39 is 5.69 Å². The first kappa shape index (κ1) is 20.7. The van der Waals surface area contributed by atoms with E-state index in [1.165, 1.54) is 11.4 Å². The first-order chi connectivity index (χ1) is 10.7. The lowest BCUT2D eigenvalue weighted by Crippen LogP contribution is -2.09. The molecule has 0 bridgehead atoms. The van der Waals surface area contributed by atoms with Gasteiger partial charge in [0.25, 0.3) is 5.69 Å². The highest BCUT2D eigenvalue weighted by molar-refractivity contribution is 8.73. The topological polar surface area (TPSA) is 40.0 Å². The maximum absolute atomic E-state index is 5.94. The third-order valence-electron chi connectivity index (χ3n) is 2.25. The number of benzene rings is 1. The molecule has 4 nitrogen and oxygen atoms in total. The second-order valence-corrected chi connectivity index (χ2v) is 11.8. The molecular formula is C16H26NO3PS2. The van der Waals surface area contributed by atoms with Crippen LogP contribution in [0.2, 0.25) is 0 Å². The minimum atomic E-state index is -2.57. The van der Waals surface area contributed by atoms with Gasteiger partial charge in [-0.3, -0.25) is 0 Å². The Bertz CT molecular complexity index is 534. The predicted octanol–water partition coefficient (Wildman–Crippen LogP) is 5.58. The molecule has 1 aromatic carbocycles. The van der Waals surface area contributed by atoms with Crippen LogP contribution < -0.4 is 0 Å². The summed E-state index contributed by atoms with van der Waals surface area (Å²) in [7, 11) is 0. The Kier molecular flexibility index (Phi) is 8.80. The minimum absolute atomic E-state index is 0.01000. The molecule has 0 spiro atoms. The molecule has 0 atom stereocenters. The van der Waals surface area contributed by atoms with Gasteiger partial charge in [0.1, 0.15) is 6.10 Å². The molecule has 0 aliphatic rings. The van der Waals surface area contributed by atoms with Gasteiger partial charge in [-0.05, 0) is 64.7 Å². The van der Waals surface area contributed by atoms with Crippen molar-refractivity contribution in [3.8, 4) is 0 Å². The summed E-state index contributed by atoms with van der Waals surface area (Å²) in [5, 5.41) is 4.96. The van der Waals surface area contributed by atoms with Gasteiger partial charge in [-0.1, -0.05) is 35.5 Å². The van der Waals surface area contributed by atoms with Crippen molar-refractivity contribution in [2.45, 2.75) is 59.9 Å². The fourth-order valence-corrected chi connectivity index (χ4v) is 7.26. The quantitative estimate of drug-likeness (QED) is 0.257. The average molecular weight is 375 g/mol. The van der Waals surface area contributed by atoms with Gasteiger partial charge in [0.05, 0.1) is 12.2 Å². The average Bonchev–Trinajstić information content (AvgIpc) is 2.42. The highest BCUT2D eigenvalue weighted by Gasteiger charge is 2.27. The Balaban J connectivity index is 3.09. The summed E-state index contributed by atoms with van der Waals surface area (Å²) in [6, 6.07) is 9.81. The van der Waals surface area contributed by atoms with E-state index in [9.17, 15) is 0 Å². The molecule has 0 saturated heterocycles. The Morgan fingerprint density at radius 2 is 1.48 bits per heavy atom. The third-order valence-corrected chi connectivity index (χ3v) is 7.20. The first-order valence-electron chi connectivity index (χ1n) is 7.67. The normalized spacial score (nSPS) is 13.2. The zero-order valence-electron chi connectivity index (χ0n) is 14.6. The van der Waals surface area contributed by atoms with Gasteiger partial charge in [-0.2, -0.15) is 0 Å². The molecule has 0 aliphatic carbocycles. The zero-order valence-corrected chi connectivity index (χ0v) is 17.1. The molecule has 0 fully saturated rings. The Morgan fingerprint density at radius 1 is 0.957 bits per heavy atom. The minimum Gasteiger partial charge on any atom is -0.392 e. The van der Waals surface area contributed by atoms with Gasteiger partial charge in [0, 0.05) is 5.56 Å². The number of hydrogen-bond donors (Lipinski definition) is 0. The SMILES string of the molecule is CC(C)O/N=C(/SP(=S)(OC(C)C)OC(C)C)c1ccccc1. The summed E-state index contributed by atoms with van der Waals surface area (Å²) >= 11 is 7.05. The van der Waals surface area contributed by atoms with E-state index in [2.05, 4.69) is 5.16 Å². The van der Waals surface area contributed by atoms with Crippen LogP contribution in [0.1, 0.15) is 47.1 Å². The van der Waals surface area contributed by atoms with E-state index in [4.69, 9.17) is 25.7 Å². The predicted molar refractivity (Wildman–Crippen MR) is 104 cm³/mol. The van der Waals surface area contributed by atoms with Gasteiger partial charge in [0.2, 0.25) is 0 Å². The van der Waals surface area contributed by atoms with E-state index in [0.29, 0.717) is 5.04 Å². The largest absolute Gasteiger partial charge is 0.392 e. The van der Waals surface area contributed by atoms with Crippen molar-refractivity contribution in [2.24, 2.45) is 5.16 Å². The Morgan fingerprint density at radius 3 is 1.91 bits per heavy atom. The highest BCUT2D eigenvalue weighted by atomic mass is 32.9. The van der Waals surface area contributed by atoms with Crippen LogP contribution in [0.5, 0.6) is 0 Å². The van der Waals surface area contributed by atoms with Crippen molar-refractivity contribution in [1.82, 2.24) is 0 Å². The van der Waals surface area contributed by atoms with Crippen LogP contribution in [-0.4, -0.2) is 23.4 Å². The maximum Gasteiger partial charge on any atom is 0.254 e. The number of oxime groups is 1. The molecule has 7 heteroatoms. The van der Waals surface area contributed by atoms with Gasteiger partial charge in [0.15, 0.2) is 5.04 Å². The summed E-state index contributed by atoms with van der Waals surface area (Å²) in [4.78, 5) is 5.44. The number of nitrogens with zero attached hydrogens (tertiary/aromatic N) is 1. The van der Waals surface area contributed by atoms with Crippen molar-refractivity contribution in [2.75, 3.05) is 0 Å². The molecule has 0 saturated carbocycles. The van der Waals surface area contributed by atoms with Crippen LogP contribution in [0.25, 0.3) is 0 Å². The molecule has 0 heterocycles. The van der Waals surface area contributed by atoms with E-state index in [-0.39, 0.29) is 18.3 Å². The lowest BCUT2D eigenvalue weighted by Gasteiger charge is -2.25. The fraction of sp³-hybridized carbons (Fsp3) is 0.562. The molecule has 130 valence electrons. The van der Waals surface area contributed by atoms with Crippen LogP contribution in [0, 0.1) is 0 Å². The molecule has 0 amide bonds. The van der Waals surface area contributed by atoms with E-state index >= 15 is 0 Å². The molecule has 0 N–H and O–H groups in total. The summed E-state index contributed by atoms with van der Waals surface area (Å²) in [6.07, 6.45) is -0.0468. The van der Waals surface area contributed by atoms with Crippen molar-refractivity contribution in [3.63, 3.8) is 0 Å². The van der Waals surface area contributed by atoms with Crippen molar-refractivity contribution < 1.29 is 13.9 Å². The van der Waals surface area contributed by atoms with Crippen molar-refractivity contribution in [3.05, 3.63) is 35.9 Å². The second-order valence-electron chi connectivity index (χ2n) is 5.76. The second kappa shape index (κ2) is 9.80. The standard InChI is InChI=1S/C16H26NO3PS2/c1-12(2)18-17-16(15-10-8-7-9-11-15)23-21(22,19-13(3)4)20-14(5)6/h7-14H,1-6H3/b17-16+. The van der Waals surface area contributed by atoms with Crippen LogP contribution in [0.4, 0.5) is 0 Å². The first-order valence-corrected chi connectivity index (χ1v) is 11.7. The lowest BCUT2D eigenvalue weighted by molar-refractivity contribution is 0.0869. The molecule has 1 rings (SSSR count). The van der Waals surface area contributed by atoms with Gasteiger partial charge >= 0.3 is 0 Å². The Hall–Kier alpha value is -0.390. The summed E-state index contributed by atoms with van der Waals surface area (Å²) in [5.41, 5.74) is -1.64. The molecule has 23 heavy (non-hydrogen) atoms. The smallest absolute Gasteiger partial charge is 0.254 e. The Labute approximate surface area is 148 Å². The molecule has 0 unspecified atom stereocenters. The van der Waals surface area contributed by atoms with Crippen LogP contribution >= 0.6 is 17.1 Å². The highest BCUT2D eigenvalue weighted by Crippen LogP contribution is 2.63. The molecule has 0 aliphatic heterocycles. The summed E-state index contributed by atoms with van der Waals surface area (Å²) in [6.45, 7) is 11.7. The van der Waals surface area contributed by atoms with Crippen molar-refractivity contribution >= 4 is 33.9 Å².